The predicted octanol–water partition coefficient (Wildman–Crippen LogP) is 4.81. The lowest BCUT2D eigenvalue weighted by Crippen LogP contribution is -2.60. The molecule has 2 fully saturated rings. The summed E-state index contributed by atoms with van der Waals surface area (Å²) in [6.07, 6.45) is -13.8. The lowest BCUT2D eigenvalue weighted by atomic mass is 9.74. The topological polar surface area (TPSA) is 29.5 Å². The first-order chi connectivity index (χ1) is 11.8. The van der Waals surface area contributed by atoms with E-state index < -0.39 is 66.2 Å². The van der Waals surface area contributed by atoms with E-state index in [9.17, 15) is 43.9 Å². The Bertz CT molecular complexity index is 534. The minimum atomic E-state index is -6.06. The molecule has 2 bridgehead atoms. The molecule has 27 heavy (non-hydrogen) atoms. The number of alkyl halides is 10. The fraction of sp³-hybridized carbons (Fsp3) is 1.00. The van der Waals surface area contributed by atoms with Crippen molar-refractivity contribution in [3.8, 4) is 0 Å². The van der Waals surface area contributed by atoms with E-state index in [1.54, 1.807) is 0 Å². The van der Waals surface area contributed by atoms with Crippen molar-refractivity contribution < 1.29 is 53.7 Å². The Morgan fingerprint density at radius 3 is 1.74 bits per heavy atom. The van der Waals surface area contributed by atoms with Gasteiger partial charge < -0.3 is 9.84 Å². The van der Waals surface area contributed by atoms with Crippen molar-refractivity contribution in [1.29, 1.82) is 0 Å². The molecule has 0 aromatic heterocycles. The van der Waals surface area contributed by atoms with Gasteiger partial charge in [-0.1, -0.05) is 6.92 Å². The largest absolute Gasteiger partial charge is 0.428 e. The summed E-state index contributed by atoms with van der Waals surface area (Å²) in [5.74, 6) is -13.5. The third-order valence-corrected chi connectivity index (χ3v) is 5.79. The molecule has 2 nitrogen and oxygen atoms in total. The van der Waals surface area contributed by atoms with Gasteiger partial charge in [0.2, 0.25) is 0 Å². The third kappa shape index (κ3) is 3.51. The molecule has 0 aromatic carbocycles. The van der Waals surface area contributed by atoms with Crippen LogP contribution in [0.4, 0.5) is 43.9 Å². The standard InChI is InChI=1S/C15H18F10O2/c1-6-8-3-7(10(6)13(18,19)11(2,16)17)4-9(8)27-5-12(26,14(20,21)22)15(23,24)25/h6-10,26H,3-5H2,1-2H3. The second-order valence-electron chi connectivity index (χ2n) is 7.50. The average Bonchev–Trinajstić information content (AvgIpc) is 2.98. The molecule has 0 aliphatic heterocycles. The van der Waals surface area contributed by atoms with E-state index in [0.717, 1.165) is 0 Å². The number of halogens is 10. The van der Waals surface area contributed by atoms with Gasteiger partial charge in [-0.3, -0.25) is 0 Å². The van der Waals surface area contributed by atoms with E-state index in [4.69, 9.17) is 5.11 Å². The molecule has 0 radical (unpaired) electrons. The average molecular weight is 420 g/mol. The van der Waals surface area contributed by atoms with Crippen LogP contribution < -0.4 is 0 Å². The molecule has 0 aromatic rings. The summed E-state index contributed by atoms with van der Waals surface area (Å²) < 4.78 is 135. The molecule has 0 heterocycles. The molecular formula is C15H18F10O2. The highest BCUT2D eigenvalue weighted by atomic mass is 19.4. The van der Waals surface area contributed by atoms with Gasteiger partial charge in [0.1, 0.15) is 0 Å². The second-order valence-corrected chi connectivity index (χ2v) is 7.50. The van der Waals surface area contributed by atoms with E-state index in [2.05, 4.69) is 4.74 Å². The lowest BCUT2D eigenvalue weighted by molar-refractivity contribution is -0.380. The van der Waals surface area contributed by atoms with Crippen LogP contribution in [-0.4, -0.2) is 47.6 Å². The van der Waals surface area contributed by atoms with Crippen molar-refractivity contribution in [3.63, 3.8) is 0 Å². The predicted molar refractivity (Wildman–Crippen MR) is 71.2 cm³/mol. The van der Waals surface area contributed by atoms with Crippen molar-refractivity contribution in [2.24, 2.45) is 23.7 Å². The quantitative estimate of drug-likeness (QED) is 0.647. The van der Waals surface area contributed by atoms with Crippen LogP contribution in [0.2, 0.25) is 0 Å². The highest BCUT2D eigenvalue weighted by molar-refractivity contribution is 5.07. The zero-order valence-electron chi connectivity index (χ0n) is 14.1. The maximum Gasteiger partial charge on any atom is 0.428 e. The van der Waals surface area contributed by atoms with Gasteiger partial charge in [0.25, 0.3) is 5.60 Å². The van der Waals surface area contributed by atoms with Crippen LogP contribution in [0.1, 0.15) is 26.7 Å². The zero-order valence-corrected chi connectivity index (χ0v) is 14.1. The van der Waals surface area contributed by atoms with E-state index >= 15 is 0 Å². The van der Waals surface area contributed by atoms with E-state index in [1.165, 1.54) is 6.92 Å². The van der Waals surface area contributed by atoms with Crippen molar-refractivity contribution in [2.75, 3.05) is 6.61 Å². The Morgan fingerprint density at radius 2 is 1.37 bits per heavy atom. The molecule has 2 saturated carbocycles. The third-order valence-electron chi connectivity index (χ3n) is 5.79. The molecular weight excluding hydrogens is 402 g/mol. The van der Waals surface area contributed by atoms with Gasteiger partial charge in [0.05, 0.1) is 12.7 Å². The number of hydrogen-bond acceptors (Lipinski definition) is 2. The lowest BCUT2D eigenvalue weighted by Gasteiger charge is -2.41. The fourth-order valence-electron chi connectivity index (χ4n) is 4.28. The molecule has 0 saturated heterocycles. The maximum atomic E-state index is 14.0. The normalized spacial score (nSPS) is 33.0. The molecule has 160 valence electrons. The first kappa shape index (κ1) is 22.5. The molecule has 0 amide bonds. The second kappa shape index (κ2) is 6.36. The van der Waals surface area contributed by atoms with Crippen molar-refractivity contribution in [3.05, 3.63) is 0 Å². The monoisotopic (exact) mass is 420 g/mol. The van der Waals surface area contributed by atoms with Gasteiger partial charge >= 0.3 is 24.2 Å². The van der Waals surface area contributed by atoms with Crippen LogP contribution in [-0.2, 0) is 4.74 Å². The Kier molecular flexibility index (Phi) is 5.30. The van der Waals surface area contributed by atoms with E-state index in [-0.39, 0.29) is 19.8 Å². The van der Waals surface area contributed by atoms with E-state index in [0.29, 0.717) is 0 Å². The maximum absolute atomic E-state index is 14.0. The number of ether oxygens (including phenoxy) is 1. The SMILES string of the molecule is CC1C2CC(CC2OCC(O)(C(F)(F)F)C(F)(F)F)C1C(F)(F)C(C)(F)F. The van der Waals surface area contributed by atoms with Gasteiger partial charge in [0.15, 0.2) is 0 Å². The summed E-state index contributed by atoms with van der Waals surface area (Å²) >= 11 is 0. The molecule has 12 heteroatoms. The van der Waals surface area contributed by atoms with Crippen LogP contribution >= 0.6 is 0 Å². The Morgan fingerprint density at radius 1 is 0.889 bits per heavy atom. The van der Waals surface area contributed by atoms with Crippen molar-refractivity contribution in [2.45, 2.75) is 62.6 Å². The molecule has 1 N–H and O–H groups in total. The van der Waals surface area contributed by atoms with Crippen LogP contribution in [0, 0.1) is 23.7 Å². The smallest absolute Gasteiger partial charge is 0.374 e. The molecule has 5 atom stereocenters. The van der Waals surface area contributed by atoms with Crippen LogP contribution in [0.25, 0.3) is 0 Å². The van der Waals surface area contributed by atoms with Crippen LogP contribution in [0.15, 0.2) is 0 Å². The Labute approximate surface area is 147 Å². The number of rotatable bonds is 5. The molecule has 2 aliphatic carbocycles. The summed E-state index contributed by atoms with van der Waals surface area (Å²) in [5.41, 5.74) is -5.11. The fourth-order valence-corrected chi connectivity index (χ4v) is 4.28. The van der Waals surface area contributed by atoms with Crippen LogP contribution in [0.3, 0.4) is 0 Å². The molecule has 0 spiro atoms. The minimum Gasteiger partial charge on any atom is -0.374 e. The summed E-state index contributed by atoms with van der Waals surface area (Å²) in [4.78, 5) is 0. The van der Waals surface area contributed by atoms with E-state index in [1.807, 2.05) is 0 Å². The number of hydrogen-bond donors (Lipinski definition) is 1. The number of fused-ring (bicyclic) bond motifs is 2. The van der Waals surface area contributed by atoms with Gasteiger partial charge in [0, 0.05) is 12.8 Å². The summed E-state index contributed by atoms with van der Waals surface area (Å²) in [6, 6.07) is 0. The summed E-state index contributed by atoms with van der Waals surface area (Å²) in [7, 11) is 0. The molecule has 2 aliphatic rings. The number of aliphatic hydroxyl groups is 1. The van der Waals surface area contributed by atoms with Gasteiger partial charge in [-0.05, 0) is 30.6 Å². The van der Waals surface area contributed by atoms with Crippen molar-refractivity contribution >= 4 is 0 Å². The first-order valence-electron chi connectivity index (χ1n) is 8.07. The van der Waals surface area contributed by atoms with Gasteiger partial charge in [-0.2, -0.15) is 35.1 Å². The van der Waals surface area contributed by atoms with Gasteiger partial charge in [-0.25, -0.2) is 8.78 Å². The highest BCUT2D eigenvalue weighted by Crippen LogP contribution is 2.60. The zero-order chi connectivity index (χ0) is 21.2. The molecule has 2 rings (SSSR count). The Hall–Kier alpha value is -0.780. The van der Waals surface area contributed by atoms with Crippen molar-refractivity contribution in [1.82, 2.24) is 0 Å². The highest BCUT2D eigenvalue weighted by Gasteiger charge is 2.72. The summed E-state index contributed by atoms with van der Waals surface area (Å²) in [6.45, 7) is -0.887. The molecule has 5 unspecified atom stereocenters. The first-order valence-corrected chi connectivity index (χ1v) is 8.07. The Balaban J connectivity index is 2.12. The minimum absolute atomic E-state index is 0.0620. The van der Waals surface area contributed by atoms with Crippen LogP contribution in [0.5, 0.6) is 0 Å². The van der Waals surface area contributed by atoms with Gasteiger partial charge in [-0.15, -0.1) is 0 Å². The summed E-state index contributed by atoms with van der Waals surface area (Å²) in [5, 5.41) is 9.07.